The van der Waals surface area contributed by atoms with E-state index in [-0.39, 0.29) is 17.7 Å². The number of Topliss-reactive ketones (excluding diaryl/α,β-unsaturated/α-hetero) is 1. The van der Waals surface area contributed by atoms with Gasteiger partial charge in [0, 0.05) is 6.04 Å². The van der Waals surface area contributed by atoms with Crippen LogP contribution in [0, 0.1) is 19.8 Å². The Balaban J connectivity index is 2.31. The Labute approximate surface area is 120 Å². The highest BCUT2D eigenvalue weighted by atomic mass is 16.5. The summed E-state index contributed by atoms with van der Waals surface area (Å²) in [4.78, 5) is 12.8. The van der Waals surface area contributed by atoms with Crippen molar-refractivity contribution >= 4 is 5.78 Å². The van der Waals surface area contributed by atoms with Gasteiger partial charge in [0.25, 0.3) is 0 Å². The van der Waals surface area contributed by atoms with E-state index in [2.05, 4.69) is 5.32 Å². The molecule has 2 unspecified atom stereocenters. The highest BCUT2D eigenvalue weighted by molar-refractivity contribution is 6.01. The van der Waals surface area contributed by atoms with E-state index in [1.807, 2.05) is 32.9 Å². The first-order valence-corrected chi connectivity index (χ1v) is 7.09. The molecule has 0 bridgehead atoms. The molecule has 110 valence electrons. The number of carbonyl (C=O) groups excluding carboxylic acids is 1. The van der Waals surface area contributed by atoms with Crippen molar-refractivity contribution in [1.82, 2.24) is 5.32 Å². The lowest BCUT2D eigenvalue weighted by Crippen LogP contribution is -2.39. The molecule has 1 aromatic rings. The van der Waals surface area contributed by atoms with E-state index in [1.165, 1.54) is 0 Å². The second-order valence-corrected chi connectivity index (χ2v) is 5.26. The van der Waals surface area contributed by atoms with Gasteiger partial charge < -0.3 is 14.8 Å². The molecular weight excluding hydrogens is 254 g/mol. The summed E-state index contributed by atoms with van der Waals surface area (Å²) in [5.41, 5.74) is 2.82. The minimum Gasteiger partial charge on any atom is -0.496 e. The van der Waals surface area contributed by atoms with Crippen molar-refractivity contribution in [3.63, 3.8) is 0 Å². The zero-order valence-corrected chi connectivity index (χ0v) is 12.7. The Bertz CT molecular complexity index is 499. The smallest absolute Gasteiger partial charge is 0.173 e. The van der Waals surface area contributed by atoms with Crippen LogP contribution in [0.25, 0.3) is 0 Å². The van der Waals surface area contributed by atoms with Crippen LogP contribution < -0.4 is 10.1 Å². The molecule has 0 spiro atoms. The van der Waals surface area contributed by atoms with Gasteiger partial charge in [-0.2, -0.15) is 0 Å². The maximum absolute atomic E-state index is 12.8. The van der Waals surface area contributed by atoms with Crippen molar-refractivity contribution in [1.29, 1.82) is 0 Å². The predicted molar refractivity (Wildman–Crippen MR) is 78.6 cm³/mol. The molecule has 1 saturated heterocycles. The molecule has 0 saturated carbocycles. The van der Waals surface area contributed by atoms with Gasteiger partial charge in [-0.15, -0.1) is 0 Å². The number of aryl methyl sites for hydroxylation is 1. The van der Waals surface area contributed by atoms with Crippen LogP contribution in [0.4, 0.5) is 0 Å². The molecule has 4 heteroatoms. The first-order chi connectivity index (χ1) is 9.60. The number of hydrogen-bond donors (Lipinski definition) is 1. The van der Waals surface area contributed by atoms with Crippen molar-refractivity contribution in [2.75, 3.05) is 26.9 Å². The Morgan fingerprint density at radius 1 is 1.40 bits per heavy atom. The Kier molecular flexibility index (Phi) is 4.78. The van der Waals surface area contributed by atoms with Gasteiger partial charge in [0.15, 0.2) is 5.78 Å². The van der Waals surface area contributed by atoms with Crippen molar-refractivity contribution < 1.29 is 14.3 Å². The van der Waals surface area contributed by atoms with Crippen molar-refractivity contribution in [2.24, 2.45) is 5.92 Å². The molecule has 2 rings (SSSR count). The molecule has 1 N–H and O–H groups in total. The van der Waals surface area contributed by atoms with Crippen LogP contribution in [0.2, 0.25) is 0 Å². The number of methoxy groups -OCH3 is 1. The summed E-state index contributed by atoms with van der Waals surface area (Å²) < 4.78 is 10.9. The monoisotopic (exact) mass is 277 g/mol. The fourth-order valence-corrected chi connectivity index (χ4v) is 2.72. The number of nitrogens with one attached hydrogen (secondary N) is 1. The number of benzene rings is 1. The summed E-state index contributed by atoms with van der Waals surface area (Å²) in [5, 5.41) is 3.32. The van der Waals surface area contributed by atoms with Crippen LogP contribution in [0.5, 0.6) is 5.75 Å². The van der Waals surface area contributed by atoms with Gasteiger partial charge in [-0.1, -0.05) is 13.0 Å². The van der Waals surface area contributed by atoms with Crippen molar-refractivity contribution in [3.05, 3.63) is 28.8 Å². The van der Waals surface area contributed by atoms with Crippen LogP contribution in [0.15, 0.2) is 12.1 Å². The number of ether oxygens (including phenoxy) is 2. The molecule has 1 aliphatic rings. The Morgan fingerprint density at radius 2 is 2.15 bits per heavy atom. The molecule has 0 aliphatic carbocycles. The summed E-state index contributed by atoms with van der Waals surface area (Å²) in [7, 11) is 1.62. The van der Waals surface area contributed by atoms with E-state index in [0.29, 0.717) is 24.5 Å². The molecule has 1 aromatic carbocycles. The second-order valence-electron chi connectivity index (χ2n) is 5.26. The molecule has 2 atom stereocenters. The molecule has 0 aromatic heterocycles. The summed E-state index contributed by atoms with van der Waals surface area (Å²) in [6.45, 7) is 7.95. The van der Waals surface area contributed by atoms with E-state index in [0.717, 1.165) is 17.7 Å². The third-order valence-electron chi connectivity index (χ3n) is 4.03. The second kappa shape index (κ2) is 6.37. The van der Waals surface area contributed by atoms with Crippen LogP contribution in [0.1, 0.15) is 28.4 Å². The Hall–Kier alpha value is -1.39. The molecule has 1 aliphatic heterocycles. The van der Waals surface area contributed by atoms with Crippen molar-refractivity contribution in [3.8, 4) is 5.75 Å². The molecule has 1 heterocycles. The normalized spacial score (nSPS) is 22.0. The minimum atomic E-state index is -0.133. The van der Waals surface area contributed by atoms with Gasteiger partial charge in [-0.3, -0.25) is 4.79 Å². The molecule has 4 nitrogen and oxygen atoms in total. The van der Waals surface area contributed by atoms with Crippen molar-refractivity contribution in [2.45, 2.75) is 26.8 Å². The quantitative estimate of drug-likeness (QED) is 0.838. The van der Waals surface area contributed by atoms with E-state index in [1.54, 1.807) is 7.11 Å². The van der Waals surface area contributed by atoms with E-state index in [4.69, 9.17) is 9.47 Å². The van der Waals surface area contributed by atoms with Crippen LogP contribution >= 0.6 is 0 Å². The van der Waals surface area contributed by atoms with Gasteiger partial charge in [0.1, 0.15) is 5.75 Å². The first kappa shape index (κ1) is 15.0. The third-order valence-corrected chi connectivity index (χ3v) is 4.03. The number of hydrogen-bond acceptors (Lipinski definition) is 4. The summed E-state index contributed by atoms with van der Waals surface area (Å²) in [5.74, 6) is 0.663. The number of carbonyl (C=O) groups is 1. The lowest BCUT2D eigenvalue weighted by atomic mass is 9.91. The zero-order chi connectivity index (χ0) is 14.7. The average Bonchev–Trinajstić information content (AvgIpc) is 2.89. The fraction of sp³-hybridized carbons (Fsp3) is 0.562. The van der Waals surface area contributed by atoms with Gasteiger partial charge in [0.05, 0.1) is 31.8 Å². The maximum Gasteiger partial charge on any atom is 0.173 e. The average molecular weight is 277 g/mol. The lowest BCUT2D eigenvalue weighted by molar-refractivity contribution is 0.0888. The predicted octanol–water partition coefficient (Wildman–Crippen LogP) is 2.12. The van der Waals surface area contributed by atoms with E-state index in [9.17, 15) is 4.79 Å². The van der Waals surface area contributed by atoms with Gasteiger partial charge in [-0.05, 0) is 37.6 Å². The third kappa shape index (κ3) is 2.72. The van der Waals surface area contributed by atoms with E-state index < -0.39 is 0 Å². The lowest BCUT2D eigenvalue weighted by Gasteiger charge is -2.19. The fourth-order valence-electron chi connectivity index (χ4n) is 2.72. The first-order valence-electron chi connectivity index (χ1n) is 7.09. The van der Waals surface area contributed by atoms with E-state index >= 15 is 0 Å². The molecule has 20 heavy (non-hydrogen) atoms. The maximum atomic E-state index is 12.8. The topological polar surface area (TPSA) is 47.6 Å². The standard InChI is InChI=1S/C16H23NO3/c1-5-17-14-9-20-8-13(14)15(18)12-7-6-10(2)11(3)16(12)19-4/h6-7,13-14,17H,5,8-9H2,1-4H3. The highest BCUT2D eigenvalue weighted by Gasteiger charge is 2.35. The summed E-state index contributed by atoms with van der Waals surface area (Å²) >= 11 is 0. The van der Waals surface area contributed by atoms with Crippen LogP contribution in [0.3, 0.4) is 0 Å². The van der Waals surface area contributed by atoms with Crippen LogP contribution in [-0.4, -0.2) is 38.7 Å². The largest absolute Gasteiger partial charge is 0.496 e. The molecule has 1 fully saturated rings. The molecular formula is C16H23NO3. The highest BCUT2D eigenvalue weighted by Crippen LogP contribution is 2.30. The zero-order valence-electron chi connectivity index (χ0n) is 12.7. The number of rotatable bonds is 5. The Morgan fingerprint density at radius 3 is 2.80 bits per heavy atom. The molecule has 0 amide bonds. The number of ketones is 1. The van der Waals surface area contributed by atoms with Gasteiger partial charge in [-0.25, -0.2) is 0 Å². The summed E-state index contributed by atoms with van der Waals surface area (Å²) in [6.07, 6.45) is 0. The van der Waals surface area contributed by atoms with Crippen LogP contribution in [-0.2, 0) is 4.74 Å². The summed E-state index contributed by atoms with van der Waals surface area (Å²) in [6, 6.07) is 3.94. The van der Waals surface area contributed by atoms with Gasteiger partial charge in [0.2, 0.25) is 0 Å². The SMILES string of the molecule is CCNC1COCC1C(=O)c1ccc(C)c(C)c1OC. The number of likely N-dealkylation sites (N-methyl/N-ethyl adjacent to an activating group) is 1. The van der Waals surface area contributed by atoms with Gasteiger partial charge >= 0.3 is 0 Å². The minimum absolute atomic E-state index is 0.0961. The molecule has 0 radical (unpaired) electrons.